The first kappa shape index (κ1) is 16.7. The molecule has 0 spiro atoms. The van der Waals surface area contributed by atoms with Crippen LogP contribution in [0.1, 0.15) is 45.1 Å². The molecule has 2 aromatic heterocycles. The Bertz CT molecular complexity index is 704. The van der Waals surface area contributed by atoms with Crippen molar-refractivity contribution in [1.29, 1.82) is 0 Å². The summed E-state index contributed by atoms with van der Waals surface area (Å²) in [6.07, 6.45) is 3.81. The summed E-state index contributed by atoms with van der Waals surface area (Å²) in [5, 5.41) is 3.27. The van der Waals surface area contributed by atoms with Gasteiger partial charge in [0.05, 0.1) is 16.1 Å². The van der Waals surface area contributed by atoms with E-state index in [9.17, 15) is 9.59 Å². The van der Waals surface area contributed by atoms with Crippen LogP contribution in [0.25, 0.3) is 0 Å². The lowest BCUT2D eigenvalue weighted by Gasteiger charge is -2.21. The van der Waals surface area contributed by atoms with Gasteiger partial charge in [0.15, 0.2) is 12.1 Å². The van der Waals surface area contributed by atoms with Crippen LogP contribution in [0.5, 0.6) is 0 Å². The molecule has 2 N–H and O–H groups in total. The Morgan fingerprint density at radius 3 is 2.92 bits per heavy atom. The summed E-state index contributed by atoms with van der Waals surface area (Å²) < 4.78 is 10.4. The molecule has 0 bridgehead atoms. The van der Waals surface area contributed by atoms with Gasteiger partial charge in [-0.1, -0.05) is 0 Å². The number of aryl methyl sites for hydroxylation is 1. The SMILES string of the molecule is Cc1cc(NC(=O)c2ccco2)sc1C(=O)NO[C@H]1CCCCO1. The number of anilines is 1. The number of hydrogen-bond acceptors (Lipinski definition) is 6. The number of hydroxylamine groups is 1. The lowest BCUT2D eigenvalue weighted by atomic mass is 10.2. The third-order valence-electron chi connectivity index (χ3n) is 3.53. The molecule has 0 unspecified atom stereocenters. The highest BCUT2D eigenvalue weighted by molar-refractivity contribution is 7.18. The zero-order valence-electron chi connectivity index (χ0n) is 13.2. The first-order valence-corrected chi connectivity index (χ1v) is 8.48. The van der Waals surface area contributed by atoms with Gasteiger partial charge in [-0.05, 0) is 43.5 Å². The molecule has 1 aliphatic rings. The van der Waals surface area contributed by atoms with Crippen molar-refractivity contribution in [3.63, 3.8) is 0 Å². The fourth-order valence-corrected chi connectivity index (χ4v) is 3.27. The monoisotopic (exact) mass is 350 g/mol. The molecule has 0 aliphatic carbocycles. The Labute approximate surface area is 142 Å². The molecule has 128 valence electrons. The molecule has 0 aromatic carbocycles. The molecule has 1 fully saturated rings. The largest absolute Gasteiger partial charge is 0.459 e. The number of carbonyl (C=O) groups excluding carboxylic acids is 2. The van der Waals surface area contributed by atoms with Gasteiger partial charge in [-0.3, -0.25) is 9.59 Å². The molecule has 8 heteroatoms. The third-order valence-corrected chi connectivity index (χ3v) is 4.68. The van der Waals surface area contributed by atoms with Crippen LogP contribution < -0.4 is 10.8 Å². The molecule has 0 radical (unpaired) electrons. The van der Waals surface area contributed by atoms with E-state index in [-0.39, 0.29) is 17.6 Å². The first-order chi connectivity index (χ1) is 11.6. The van der Waals surface area contributed by atoms with E-state index in [1.54, 1.807) is 25.1 Å². The number of hydrogen-bond donors (Lipinski definition) is 2. The number of amides is 2. The van der Waals surface area contributed by atoms with E-state index in [4.69, 9.17) is 14.0 Å². The van der Waals surface area contributed by atoms with E-state index >= 15 is 0 Å². The average molecular weight is 350 g/mol. The van der Waals surface area contributed by atoms with Gasteiger partial charge in [0.1, 0.15) is 0 Å². The number of thiophene rings is 1. The molecule has 2 aromatic rings. The third kappa shape index (κ3) is 4.02. The van der Waals surface area contributed by atoms with Crippen molar-refractivity contribution in [3.05, 3.63) is 40.7 Å². The van der Waals surface area contributed by atoms with Gasteiger partial charge >= 0.3 is 0 Å². The molecule has 0 saturated carbocycles. The predicted molar refractivity (Wildman–Crippen MR) is 87.9 cm³/mol. The van der Waals surface area contributed by atoms with Crippen LogP contribution >= 0.6 is 11.3 Å². The van der Waals surface area contributed by atoms with Gasteiger partial charge in [-0.25, -0.2) is 10.3 Å². The number of ether oxygens (including phenoxy) is 1. The smallest absolute Gasteiger partial charge is 0.291 e. The minimum atomic E-state index is -0.402. The highest BCUT2D eigenvalue weighted by Gasteiger charge is 2.19. The van der Waals surface area contributed by atoms with Crippen molar-refractivity contribution in [2.75, 3.05) is 11.9 Å². The van der Waals surface area contributed by atoms with E-state index < -0.39 is 6.29 Å². The molecular formula is C16H18N2O5S. The lowest BCUT2D eigenvalue weighted by Crippen LogP contribution is -2.33. The second-order valence-electron chi connectivity index (χ2n) is 5.40. The van der Waals surface area contributed by atoms with E-state index in [2.05, 4.69) is 10.8 Å². The second-order valence-corrected chi connectivity index (χ2v) is 6.45. The van der Waals surface area contributed by atoms with Crippen molar-refractivity contribution in [1.82, 2.24) is 5.48 Å². The number of furan rings is 1. The fourth-order valence-electron chi connectivity index (χ4n) is 2.32. The van der Waals surface area contributed by atoms with E-state index in [0.29, 0.717) is 16.5 Å². The molecule has 7 nitrogen and oxygen atoms in total. The van der Waals surface area contributed by atoms with Gasteiger partial charge < -0.3 is 14.5 Å². The molecule has 3 heterocycles. The summed E-state index contributed by atoms with van der Waals surface area (Å²) in [6, 6.07) is 4.94. The standard InChI is InChI=1S/C16H18N2O5S/c1-10-9-12(17-15(19)11-5-4-8-21-11)24-14(10)16(20)18-23-13-6-2-3-7-22-13/h4-5,8-9,13H,2-3,6-7H2,1H3,(H,17,19)(H,18,20)/t13-/m0/s1. The van der Waals surface area contributed by atoms with Gasteiger partial charge in [0, 0.05) is 13.0 Å². The molecule has 1 saturated heterocycles. The topological polar surface area (TPSA) is 89.8 Å². The maximum atomic E-state index is 12.2. The highest BCUT2D eigenvalue weighted by atomic mass is 32.1. The Balaban J connectivity index is 1.58. The molecule has 2 amide bonds. The van der Waals surface area contributed by atoms with Crippen LogP contribution in [-0.2, 0) is 9.57 Å². The first-order valence-electron chi connectivity index (χ1n) is 7.66. The maximum absolute atomic E-state index is 12.2. The van der Waals surface area contributed by atoms with Crippen molar-refractivity contribution in [2.45, 2.75) is 32.5 Å². The van der Waals surface area contributed by atoms with E-state index in [0.717, 1.165) is 24.8 Å². The van der Waals surface area contributed by atoms with Gasteiger partial charge in [0.25, 0.3) is 11.8 Å². The van der Waals surface area contributed by atoms with E-state index in [1.807, 2.05) is 0 Å². The molecule has 1 aliphatic heterocycles. The summed E-state index contributed by atoms with van der Waals surface area (Å²) in [5.74, 6) is -0.505. The van der Waals surface area contributed by atoms with Crippen molar-refractivity contribution in [3.8, 4) is 0 Å². The zero-order chi connectivity index (χ0) is 16.9. The molecule has 3 rings (SSSR count). The van der Waals surface area contributed by atoms with Crippen molar-refractivity contribution < 1.29 is 23.6 Å². The van der Waals surface area contributed by atoms with Crippen LogP contribution in [0.2, 0.25) is 0 Å². The highest BCUT2D eigenvalue weighted by Crippen LogP contribution is 2.27. The van der Waals surface area contributed by atoms with E-state index in [1.165, 1.54) is 17.6 Å². The summed E-state index contributed by atoms with van der Waals surface area (Å²) >= 11 is 1.17. The Morgan fingerprint density at radius 1 is 1.33 bits per heavy atom. The quantitative estimate of drug-likeness (QED) is 0.809. The summed E-state index contributed by atoms with van der Waals surface area (Å²) in [7, 11) is 0. The summed E-state index contributed by atoms with van der Waals surface area (Å²) in [5.41, 5.74) is 3.17. The summed E-state index contributed by atoms with van der Waals surface area (Å²) in [4.78, 5) is 29.9. The van der Waals surface area contributed by atoms with Gasteiger partial charge in [-0.15, -0.1) is 11.3 Å². The van der Waals surface area contributed by atoms with Crippen LogP contribution in [0, 0.1) is 6.92 Å². The van der Waals surface area contributed by atoms with Gasteiger partial charge in [0.2, 0.25) is 0 Å². The average Bonchev–Trinajstić information content (AvgIpc) is 3.23. The van der Waals surface area contributed by atoms with Gasteiger partial charge in [-0.2, -0.15) is 0 Å². The second kappa shape index (κ2) is 7.61. The van der Waals surface area contributed by atoms with Crippen molar-refractivity contribution in [2.24, 2.45) is 0 Å². The Kier molecular flexibility index (Phi) is 5.29. The molecule has 1 atom stereocenters. The zero-order valence-corrected chi connectivity index (χ0v) is 14.0. The lowest BCUT2D eigenvalue weighted by molar-refractivity contribution is -0.186. The van der Waals surface area contributed by atoms with Crippen LogP contribution in [0.4, 0.5) is 5.00 Å². The normalized spacial score (nSPS) is 17.5. The van der Waals surface area contributed by atoms with Crippen LogP contribution in [0.15, 0.2) is 28.9 Å². The van der Waals surface area contributed by atoms with Crippen LogP contribution in [-0.4, -0.2) is 24.7 Å². The molecular weight excluding hydrogens is 332 g/mol. The predicted octanol–water partition coefficient (Wildman–Crippen LogP) is 3.09. The minimum absolute atomic E-state index is 0.213. The van der Waals surface area contributed by atoms with Crippen molar-refractivity contribution >= 4 is 28.2 Å². The number of rotatable bonds is 5. The van der Waals surface area contributed by atoms with Crippen LogP contribution in [0.3, 0.4) is 0 Å². The Hall–Kier alpha value is -2.16. The maximum Gasteiger partial charge on any atom is 0.291 e. The summed E-state index contributed by atoms with van der Waals surface area (Å²) in [6.45, 7) is 2.44. The number of nitrogens with one attached hydrogen (secondary N) is 2. The number of carbonyl (C=O) groups is 2. The Morgan fingerprint density at radius 2 is 2.21 bits per heavy atom. The minimum Gasteiger partial charge on any atom is -0.459 e. The fraction of sp³-hybridized carbons (Fsp3) is 0.375. The molecule has 24 heavy (non-hydrogen) atoms.